The molecule has 0 N–H and O–H groups in total. The van der Waals surface area contributed by atoms with Crippen molar-refractivity contribution < 1.29 is 9.59 Å². The van der Waals surface area contributed by atoms with Crippen molar-refractivity contribution in [3.05, 3.63) is 63.9 Å². The maximum atomic E-state index is 12.9. The summed E-state index contributed by atoms with van der Waals surface area (Å²) in [6.45, 7) is 3.03. The third-order valence-electron chi connectivity index (χ3n) is 5.80. The Hall–Kier alpha value is -2.40. The predicted molar refractivity (Wildman–Crippen MR) is 99.3 cm³/mol. The summed E-state index contributed by atoms with van der Waals surface area (Å²) in [6.07, 6.45) is 3.11. The monoisotopic (exact) mass is 369 g/mol. The van der Waals surface area contributed by atoms with Crippen LogP contribution in [-0.2, 0) is 5.54 Å². The second kappa shape index (κ2) is 6.09. The van der Waals surface area contributed by atoms with Crippen LogP contribution >= 0.6 is 11.6 Å². The Morgan fingerprint density at radius 3 is 2.65 bits per heavy atom. The first kappa shape index (κ1) is 17.0. The lowest BCUT2D eigenvalue weighted by Gasteiger charge is -2.43. The van der Waals surface area contributed by atoms with Crippen LogP contribution in [0, 0.1) is 6.92 Å². The molecule has 134 valence electrons. The summed E-state index contributed by atoms with van der Waals surface area (Å²) in [5, 5.41) is 0.601. The summed E-state index contributed by atoms with van der Waals surface area (Å²) in [7, 11) is 1.84. The molecule has 2 aromatic rings. The molecule has 0 atom stereocenters. The lowest BCUT2D eigenvalue weighted by molar-refractivity contribution is 0.0336. The average molecular weight is 370 g/mol. The molecule has 1 aromatic heterocycles. The van der Waals surface area contributed by atoms with Crippen molar-refractivity contribution in [1.82, 2.24) is 14.8 Å². The summed E-state index contributed by atoms with van der Waals surface area (Å²) in [5.41, 5.74) is 2.56. The minimum absolute atomic E-state index is 0.00642. The molecule has 0 radical (unpaired) electrons. The number of aromatic nitrogens is 1. The fourth-order valence-corrected chi connectivity index (χ4v) is 4.32. The summed E-state index contributed by atoms with van der Waals surface area (Å²) in [6, 6.07) is 9.04. The maximum Gasteiger partial charge on any atom is 0.256 e. The van der Waals surface area contributed by atoms with Gasteiger partial charge in [-0.25, -0.2) is 0 Å². The molecule has 0 aliphatic carbocycles. The van der Waals surface area contributed by atoms with Crippen LogP contribution in [0.25, 0.3) is 0 Å². The molecule has 4 rings (SSSR count). The molecule has 5 nitrogen and oxygen atoms in total. The number of hydrogen-bond donors (Lipinski definition) is 0. The molecule has 1 spiro atoms. The SMILES string of the molecule is Cc1c(Cl)cccc1C(=O)N1CCC2(CC1)c1ncccc1C(=O)N2C. The predicted octanol–water partition coefficient (Wildman–Crippen LogP) is 3.26. The molecular weight excluding hydrogens is 350 g/mol. The van der Waals surface area contributed by atoms with Gasteiger partial charge in [-0.15, -0.1) is 0 Å². The lowest BCUT2D eigenvalue weighted by Crippen LogP contribution is -2.51. The number of fused-ring (bicyclic) bond motifs is 2. The Labute approximate surface area is 157 Å². The number of pyridine rings is 1. The second-order valence-electron chi connectivity index (χ2n) is 7.00. The summed E-state index contributed by atoms with van der Waals surface area (Å²) in [5.74, 6) is 0.00614. The molecule has 2 aliphatic rings. The molecule has 2 amide bonds. The number of halogens is 1. The topological polar surface area (TPSA) is 53.5 Å². The molecule has 0 unspecified atom stereocenters. The maximum absolute atomic E-state index is 12.9. The van der Waals surface area contributed by atoms with Gasteiger partial charge in [0.1, 0.15) is 0 Å². The smallest absolute Gasteiger partial charge is 0.256 e. The van der Waals surface area contributed by atoms with Crippen LogP contribution in [0.5, 0.6) is 0 Å². The molecule has 1 aromatic carbocycles. The molecule has 26 heavy (non-hydrogen) atoms. The van der Waals surface area contributed by atoms with Crippen molar-refractivity contribution >= 4 is 23.4 Å². The third kappa shape index (κ3) is 2.34. The summed E-state index contributed by atoms with van der Waals surface area (Å²) in [4.78, 5) is 33.7. The normalized spacial score (nSPS) is 18.3. The zero-order valence-corrected chi connectivity index (χ0v) is 15.6. The van der Waals surface area contributed by atoms with E-state index in [4.69, 9.17) is 11.6 Å². The Kier molecular flexibility index (Phi) is 3.99. The Bertz CT molecular complexity index is 904. The van der Waals surface area contributed by atoms with E-state index in [0.717, 1.165) is 11.3 Å². The minimum atomic E-state index is -0.409. The number of rotatable bonds is 1. The van der Waals surface area contributed by atoms with Gasteiger partial charge in [0.25, 0.3) is 11.8 Å². The van der Waals surface area contributed by atoms with Gasteiger partial charge in [0.05, 0.1) is 16.8 Å². The van der Waals surface area contributed by atoms with E-state index in [1.807, 2.05) is 31.0 Å². The van der Waals surface area contributed by atoms with Crippen LogP contribution in [0.3, 0.4) is 0 Å². The van der Waals surface area contributed by atoms with Gasteiger partial charge in [-0.2, -0.15) is 0 Å². The number of piperidine rings is 1. The van der Waals surface area contributed by atoms with E-state index >= 15 is 0 Å². The van der Waals surface area contributed by atoms with E-state index in [1.165, 1.54) is 0 Å². The van der Waals surface area contributed by atoms with Gasteiger partial charge in [-0.1, -0.05) is 17.7 Å². The van der Waals surface area contributed by atoms with E-state index in [-0.39, 0.29) is 11.8 Å². The fourth-order valence-electron chi connectivity index (χ4n) is 4.14. The van der Waals surface area contributed by atoms with Crippen LogP contribution in [0.15, 0.2) is 36.5 Å². The van der Waals surface area contributed by atoms with Crippen LogP contribution in [0.2, 0.25) is 5.02 Å². The van der Waals surface area contributed by atoms with Crippen LogP contribution < -0.4 is 0 Å². The van der Waals surface area contributed by atoms with E-state index in [2.05, 4.69) is 4.98 Å². The molecule has 6 heteroatoms. The Balaban J connectivity index is 1.59. The lowest BCUT2D eigenvalue weighted by atomic mass is 9.84. The van der Waals surface area contributed by atoms with Gasteiger partial charge < -0.3 is 9.80 Å². The zero-order valence-electron chi connectivity index (χ0n) is 14.8. The van der Waals surface area contributed by atoms with Crippen molar-refractivity contribution in [3.63, 3.8) is 0 Å². The Morgan fingerprint density at radius 1 is 1.19 bits per heavy atom. The first-order chi connectivity index (χ1) is 12.5. The first-order valence-electron chi connectivity index (χ1n) is 8.74. The average Bonchev–Trinajstić information content (AvgIpc) is 2.87. The standard InChI is InChI=1S/C20H20ClN3O2/c1-13-14(5-3-7-16(13)21)19(26)24-11-8-20(9-12-24)17-15(6-4-10-22-17)18(25)23(20)2/h3-7,10H,8-9,11-12H2,1-2H3. The minimum Gasteiger partial charge on any atom is -0.338 e. The highest BCUT2D eigenvalue weighted by molar-refractivity contribution is 6.31. The molecule has 1 fully saturated rings. The van der Waals surface area contributed by atoms with E-state index < -0.39 is 5.54 Å². The van der Waals surface area contributed by atoms with Crippen LogP contribution in [0.4, 0.5) is 0 Å². The van der Waals surface area contributed by atoms with Crippen molar-refractivity contribution in [2.45, 2.75) is 25.3 Å². The number of nitrogens with zero attached hydrogens (tertiary/aromatic N) is 3. The molecule has 0 bridgehead atoms. The number of carbonyl (C=O) groups excluding carboxylic acids is 2. The molecular formula is C20H20ClN3O2. The van der Waals surface area contributed by atoms with E-state index in [1.54, 1.807) is 29.3 Å². The molecule has 0 saturated carbocycles. The van der Waals surface area contributed by atoms with E-state index in [9.17, 15) is 9.59 Å². The van der Waals surface area contributed by atoms with Crippen LogP contribution in [0.1, 0.15) is 44.8 Å². The number of benzene rings is 1. The van der Waals surface area contributed by atoms with Gasteiger partial charge >= 0.3 is 0 Å². The van der Waals surface area contributed by atoms with Gasteiger partial charge in [0.2, 0.25) is 0 Å². The van der Waals surface area contributed by atoms with Crippen molar-refractivity contribution in [2.24, 2.45) is 0 Å². The second-order valence-corrected chi connectivity index (χ2v) is 7.41. The summed E-state index contributed by atoms with van der Waals surface area (Å²) < 4.78 is 0. The van der Waals surface area contributed by atoms with Gasteiger partial charge in [0.15, 0.2) is 0 Å². The molecule has 2 aliphatic heterocycles. The quantitative estimate of drug-likeness (QED) is 0.775. The Morgan fingerprint density at radius 2 is 1.92 bits per heavy atom. The highest BCUT2D eigenvalue weighted by atomic mass is 35.5. The van der Waals surface area contributed by atoms with Crippen molar-refractivity contribution in [3.8, 4) is 0 Å². The molecule has 3 heterocycles. The zero-order chi connectivity index (χ0) is 18.5. The summed E-state index contributed by atoms with van der Waals surface area (Å²) >= 11 is 6.16. The number of amides is 2. The van der Waals surface area contributed by atoms with Crippen LogP contribution in [-0.4, -0.2) is 46.7 Å². The number of hydrogen-bond acceptors (Lipinski definition) is 3. The largest absolute Gasteiger partial charge is 0.338 e. The third-order valence-corrected chi connectivity index (χ3v) is 6.21. The molecule has 1 saturated heterocycles. The van der Waals surface area contributed by atoms with Crippen molar-refractivity contribution in [2.75, 3.05) is 20.1 Å². The van der Waals surface area contributed by atoms with Gasteiger partial charge in [-0.05, 0) is 49.6 Å². The first-order valence-corrected chi connectivity index (χ1v) is 9.11. The number of carbonyl (C=O) groups is 2. The van der Waals surface area contributed by atoms with E-state index in [0.29, 0.717) is 42.1 Å². The van der Waals surface area contributed by atoms with Gasteiger partial charge in [-0.3, -0.25) is 14.6 Å². The van der Waals surface area contributed by atoms with Crippen molar-refractivity contribution in [1.29, 1.82) is 0 Å². The fraction of sp³-hybridized carbons (Fsp3) is 0.350. The van der Waals surface area contributed by atoms with Gasteiger partial charge in [0, 0.05) is 36.9 Å². The highest BCUT2D eigenvalue weighted by Crippen LogP contribution is 2.44. The highest BCUT2D eigenvalue weighted by Gasteiger charge is 2.50. The number of likely N-dealkylation sites (tertiary alicyclic amines) is 1.